The Hall–Kier alpha value is -2.28. The lowest BCUT2D eigenvalue weighted by atomic mass is 10.0. The van der Waals surface area contributed by atoms with Crippen LogP contribution in [0.1, 0.15) is 19.4 Å². The zero-order chi connectivity index (χ0) is 14.9. The van der Waals surface area contributed by atoms with Crippen LogP contribution < -0.4 is 4.74 Å². The van der Waals surface area contributed by atoms with Crippen molar-refractivity contribution < 1.29 is 14.6 Å². The van der Waals surface area contributed by atoms with Gasteiger partial charge in [0.05, 0.1) is 24.7 Å². The summed E-state index contributed by atoms with van der Waals surface area (Å²) >= 11 is 0. The third-order valence-corrected chi connectivity index (χ3v) is 4.04. The maximum atomic E-state index is 11.1. The van der Waals surface area contributed by atoms with Crippen molar-refractivity contribution in [3.8, 4) is 11.8 Å². The number of allylic oxidation sites excluding steroid dienone is 2. The first-order chi connectivity index (χ1) is 9.41. The highest BCUT2D eigenvalue weighted by molar-refractivity contribution is 5.81. The number of carboxylic acids is 1. The van der Waals surface area contributed by atoms with E-state index in [9.17, 15) is 10.1 Å². The van der Waals surface area contributed by atoms with E-state index in [1.807, 2.05) is 13.8 Å². The van der Waals surface area contributed by atoms with Gasteiger partial charge in [0, 0.05) is 0 Å². The summed E-state index contributed by atoms with van der Waals surface area (Å²) < 4.78 is 5.08. The maximum Gasteiger partial charge on any atom is 0.307 e. The van der Waals surface area contributed by atoms with Crippen LogP contribution in [0.3, 0.4) is 0 Å². The molecule has 0 radical (unpaired) electrons. The average molecular weight is 271 g/mol. The minimum Gasteiger partial charge on any atom is -0.497 e. The molecular weight excluding hydrogens is 254 g/mol. The smallest absolute Gasteiger partial charge is 0.307 e. The van der Waals surface area contributed by atoms with Crippen LogP contribution in [0.2, 0.25) is 0 Å². The second-order valence-electron chi connectivity index (χ2n) is 5.58. The number of carbonyl (C=O) groups is 1. The molecule has 1 aromatic rings. The summed E-state index contributed by atoms with van der Waals surface area (Å²) in [6, 6.07) is 9.33. The number of carboxylic acid groups (broad SMARTS) is 1. The van der Waals surface area contributed by atoms with Crippen molar-refractivity contribution in [2.75, 3.05) is 7.11 Å². The van der Waals surface area contributed by atoms with Crippen molar-refractivity contribution in [2.24, 2.45) is 17.3 Å². The molecule has 104 valence electrons. The van der Waals surface area contributed by atoms with Crippen LogP contribution in [0.5, 0.6) is 5.75 Å². The van der Waals surface area contributed by atoms with Crippen LogP contribution in [0, 0.1) is 28.6 Å². The summed E-state index contributed by atoms with van der Waals surface area (Å²) in [6.45, 7) is 3.83. The lowest BCUT2D eigenvalue weighted by Gasteiger charge is -2.03. The number of hydrogen-bond donors (Lipinski definition) is 1. The molecule has 1 aromatic carbocycles. The van der Waals surface area contributed by atoms with Crippen LogP contribution >= 0.6 is 0 Å². The summed E-state index contributed by atoms with van der Waals surface area (Å²) in [5.74, 6) is -0.592. The molecule has 0 unspecified atom stereocenters. The van der Waals surface area contributed by atoms with Gasteiger partial charge in [-0.15, -0.1) is 0 Å². The molecule has 0 spiro atoms. The Bertz CT molecular complexity index is 593. The van der Waals surface area contributed by atoms with Gasteiger partial charge in [-0.2, -0.15) is 5.26 Å². The van der Waals surface area contributed by atoms with E-state index in [0.29, 0.717) is 5.57 Å². The number of nitriles is 1. The van der Waals surface area contributed by atoms with Crippen molar-refractivity contribution in [1.29, 1.82) is 5.26 Å². The first-order valence-electron chi connectivity index (χ1n) is 6.41. The van der Waals surface area contributed by atoms with E-state index >= 15 is 0 Å². The minimum absolute atomic E-state index is 0.100. The third kappa shape index (κ3) is 2.39. The Balaban J connectivity index is 2.27. The van der Waals surface area contributed by atoms with Crippen LogP contribution in [-0.2, 0) is 4.79 Å². The Labute approximate surface area is 118 Å². The molecule has 1 aliphatic rings. The van der Waals surface area contributed by atoms with Crippen molar-refractivity contribution in [1.82, 2.24) is 0 Å². The van der Waals surface area contributed by atoms with E-state index in [4.69, 9.17) is 9.84 Å². The monoisotopic (exact) mass is 271 g/mol. The predicted molar refractivity (Wildman–Crippen MR) is 75.0 cm³/mol. The number of nitrogens with zero attached hydrogens (tertiary/aromatic N) is 1. The van der Waals surface area contributed by atoms with E-state index in [0.717, 1.165) is 11.3 Å². The van der Waals surface area contributed by atoms with E-state index < -0.39 is 11.9 Å². The second-order valence-corrected chi connectivity index (χ2v) is 5.58. The molecule has 20 heavy (non-hydrogen) atoms. The minimum atomic E-state index is -0.803. The molecule has 4 nitrogen and oxygen atoms in total. The van der Waals surface area contributed by atoms with Gasteiger partial charge in [-0.1, -0.05) is 19.9 Å². The van der Waals surface area contributed by atoms with Crippen molar-refractivity contribution in [3.05, 3.63) is 35.9 Å². The highest BCUT2D eigenvalue weighted by Gasteiger charge is 2.61. The summed E-state index contributed by atoms with van der Waals surface area (Å²) in [5.41, 5.74) is 0.995. The van der Waals surface area contributed by atoms with Crippen molar-refractivity contribution >= 4 is 11.5 Å². The molecule has 1 saturated carbocycles. The molecule has 0 aromatic heterocycles. The molecule has 0 amide bonds. The van der Waals surface area contributed by atoms with Gasteiger partial charge in [0.2, 0.25) is 0 Å². The van der Waals surface area contributed by atoms with Gasteiger partial charge >= 0.3 is 5.97 Å². The molecule has 4 heteroatoms. The van der Waals surface area contributed by atoms with Gasteiger partial charge in [-0.25, -0.2) is 0 Å². The van der Waals surface area contributed by atoms with Crippen LogP contribution in [0.15, 0.2) is 30.3 Å². The SMILES string of the molecule is COc1ccc(C(C#N)=C[C@H]2[C@H](C(=O)O)C2(C)C)cc1. The molecule has 0 bridgehead atoms. The van der Waals surface area contributed by atoms with Gasteiger partial charge < -0.3 is 9.84 Å². The number of benzene rings is 1. The summed E-state index contributed by atoms with van der Waals surface area (Å²) in [4.78, 5) is 11.1. The molecule has 0 aliphatic heterocycles. The highest BCUT2D eigenvalue weighted by Crippen LogP contribution is 2.59. The van der Waals surface area contributed by atoms with E-state index in [1.165, 1.54) is 0 Å². The third-order valence-electron chi connectivity index (χ3n) is 4.04. The van der Waals surface area contributed by atoms with Crippen LogP contribution in [0.25, 0.3) is 5.57 Å². The van der Waals surface area contributed by atoms with E-state index in [-0.39, 0.29) is 11.3 Å². The molecule has 0 saturated heterocycles. The first-order valence-corrected chi connectivity index (χ1v) is 6.41. The number of hydrogen-bond acceptors (Lipinski definition) is 3. The van der Waals surface area contributed by atoms with E-state index in [2.05, 4.69) is 6.07 Å². The maximum absolute atomic E-state index is 11.1. The van der Waals surface area contributed by atoms with Gasteiger partial charge in [-0.3, -0.25) is 4.79 Å². The van der Waals surface area contributed by atoms with Gasteiger partial charge in [0.1, 0.15) is 5.75 Å². The van der Waals surface area contributed by atoms with Crippen molar-refractivity contribution in [2.45, 2.75) is 13.8 Å². The number of methoxy groups -OCH3 is 1. The Morgan fingerprint density at radius 3 is 2.40 bits per heavy atom. The van der Waals surface area contributed by atoms with Gasteiger partial charge in [-0.05, 0) is 41.2 Å². The Kier molecular flexibility index (Phi) is 3.54. The lowest BCUT2D eigenvalue weighted by Crippen LogP contribution is -2.03. The van der Waals surface area contributed by atoms with Crippen molar-refractivity contribution in [3.63, 3.8) is 0 Å². The summed E-state index contributed by atoms with van der Waals surface area (Å²) in [5, 5.41) is 18.4. The second kappa shape index (κ2) is 5.01. The van der Waals surface area contributed by atoms with Crippen LogP contribution in [0.4, 0.5) is 0 Å². The Morgan fingerprint density at radius 2 is 2.00 bits per heavy atom. The zero-order valence-electron chi connectivity index (χ0n) is 11.8. The van der Waals surface area contributed by atoms with E-state index in [1.54, 1.807) is 37.5 Å². The molecule has 0 heterocycles. The van der Waals surface area contributed by atoms with Crippen LogP contribution in [-0.4, -0.2) is 18.2 Å². The quantitative estimate of drug-likeness (QED) is 0.855. The zero-order valence-corrected chi connectivity index (χ0v) is 11.8. The summed E-state index contributed by atoms with van der Waals surface area (Å²) in [6.07, 6.45) is 1.78. The highest BCUT2D eigenvalue weighted by atomic mass is 16.5. The number of ether oxygens (including phenoxy) is 1. The fourth-order valence-corrected chi connectivity index (χ4v) is 2.61. The molecule has 1 aliphatic carbocycles. The normalized spacial score (nSPS) is 23.8. The number of aliphatic carboxylic acids is 1. The molecule has 1 N–H and O–H groups in total. The average Bonchev–Trinajstić information content (AvgIpc) is 2.97. The molecule has 1 fully saturated rings. The summed E-state index contributed by atoms with van der Waals surface area (Å²) in [7, 11) is 1.58. The molecule has 2 atom stereocenters. The lowest BCUT2D eigenvalue weighted by molar-refractivity contribution is -0.139. The Morgan fingerprint density at radius 1 is 1.40 bits per heavy atom. The first kappa shape index (κ1) is 14.1. The largest absolute Gasteiger partial charge is 0.497 e. The standard InChI is InChI=1S/C16H17NO3/c1-16(2)13(14(16)15(18)19)8-11(9-17)10-4-6-12(20-3)7-5-10/h4-8,13-14H,1-3H3,(H,18,19)/t13-,14+/m0/s1. The topological polar surface area (TPSA) is 70.3 Å². The molecule has 2 rings (SSSR count). The fourth-order valence-electron chi connectivity index (χ4n) is 2.61. The molecular formula is C16H17NO3. The van der Waals surface area contributed by atoms with Gasteiger partial charge in [0.25, 0.3) is 0 Å². The van der Waals surface area contributed by atoms with Gasteiger partial charge in [0.15, 0.2) is 0 Å². The number of rotatable bonds is 4. The predicted octanol–water partition coefficient (Wildman–Crippen LogP) is 2.96. The fraction of sp³-hybridized carbons (Fsp3) is 0.375.